The second kappa shape index (κ2) is 5.54. The van der Waals surface area contributed by atoms with Gasteiger partial charge < -0.3 is 15.5 Å². The summed E-state index contributed by atoms with van der Waals surface area (Å²) in [5.74, 6) is -0.329. The maximum absolute atomic E-state index is 11.8. The van der Waals surface area contributed by atoms with Crippen LogP contribution in [0.1, 0.15) is 26.2 Å². The molecule has 0 bridgehead atoms. The van der Waals surface area contributed by atoms with E-state index in [-0.39, 0.29) is 23.6 Å². The number of carboxylic acid groups (broad SMARTS) is 1. The molecule has 5 nitrogen and oxygen atoms in total. The van der Waals surface area contributed by atoms with E-state index in [1.54, 1.807) is 11.8 Å². The van der Waals surface area contributed by atoms with Crippen molar-refractivity contribution in [2.24, 2.45) is 0 Å². The lowest BCUT2D eigenvalue weighted by Crippen LogP contribution is -2.41. The molecule has 1 rings (SSSR count). The first-order valence-electron chi connectivity index (χ1n) is 5.29. The summed E-state index contributed by atoms with van der Waals surface area (Å²) in [5.41, 5.74) is 0. The standard InChI is InChI=1S/C10H17NO4S/c1-10(4-2-6-16-10)9(15)11-5-3-7(12)8(13)14/h7,12H,2-6H2,1H3,(H,11,15)(H,13,14)/t7-,10?/m0/s1. The second-order valence-corrected chi connectivity index (χ2v) is 5.68. The summed E-state index contributed by atoms with van der Waals surface area (Å²) in [6, 6.07) is 0. The van der Waals surface area contributed by atoms with Crippen LogP contribution >= 0.6 is 11.8 Å². The van der Waals surface area contributed by atoms with Gasteiger partial charge in [-0.15, -0.1) is 11.8 Å². The Morgan fingerprint density at radius 1 is 1.56 bits per heavy atom. The van der Waals surface area contributed by atoms with Gasteiger partial charge in [-0.25, -0.2) is 4.79 Å². The van der Waals surface area contributed by atoms with Crippen LogP contribution in [0.25, 0.3) is 0 Å². The predicted molar refractivity (Wildman–Crippen MR) is 61.4 cm³/mol. The van der Waals surface area contributed by atoms with Crippen LogP contribution in [0.15, 0.2) is 0 Å². The minimum Gasteiger partial charge on any atom is -0.479 e. The molecule has 1 heterocycles. The van der Waals surface area contributed by atoms with Gasteiger partial charge in [-0.1, -0.05) is 0 Å². The van der Waals surface area contributed by atoms with Crippen molar-refractivity contribution in [3.05, 3.63) is 0 Å². The van der Waals surface area contributed by atoms with Crippen molar-refractivity contribution in [3.8, 4) is 0 Å². The van der Waals surface area contributed by atoms with Crippen LogP contribution in [0.4, 0.5) is 0 Å². The average molecular weight is 247 g/mol. The number of carbonyl (C=O) groups excluding carboxylic acids is 1. The van der Waals surface area contributed by atoms with Gasteiger partial charge in [-0.3, -0.25) is 4.79 Å². The summed E-state index contributed by atoms with van der Waals surface area (Å²) >= 11 is 1.63. The molecular weight excluding hydrogens is 230 g/mol. The minimum absolute atomic E-state index is 0.0435. The topological polar surface area (TPSA) is 86.6 Å². The normalized spacial score (nSPS) is 26.4. The van der Waals surface area contributed by atoms with Gasteiger partial charge in [0.05, 0.1) is 4.75 Å². The zero-order valence-corrected chi connectivity index (χ0v) is 10.0. The highest BCUT2D eigenvalue weighted by atomic mass is 32.2. The van der Waals surface area contributed by atoms with Crippen molar-refractivity contribution >= 4 is 23.6 Å². The molecule has 16 heavy (non-hydrogen) atoms. The molecule has 1 amide bonds. The van der Waals surface area contributed by atoms with Gasteiger partial charge in [0.25, 0.3) is 0 Å². The van der Waals surface area contributed by atoms with Gasteiger partial charge in [0.2, 0.25) is 5.91 Å². The van der Waals surface area contributed by atoms with Gasteiger partial charge in [0, 0.05) is 13.0 Å². The fourth-order valence-electron chi connectivity index (χ4n) is 1.59. The number of hydrogen-bond acceptors (Lipinski definition) is 4. The van der Waals surface area contributed by atoms with E-state index in [4.69, 9.17) is 10.2 Å². The summed E-state index contributed by atoms with van der Waals surface area (Å²) in [4.78, 5) is 22.1. The lowest BCUT2D eigenvalue weighted by Gasteiger charge is -2.21. The Balaban J connectivity index is 2.27. The summed E-state index contributed by atoms with van der Waals surface area (Å²) in [6.07, 6.45) is 0.531. The molecule has 1 aliphatic rings. The number of hydrogen-bond donors (Lipinski definition) is 3. The molecule has 1 aliphatic heterocycles. The Labute approximate surface area is 98.6 Å². The third-order valence-corrected chi connectivity index (χ3v) is 4.21. The first-order valence-corrected chi connectivity index (χ1v) is 6.27. The molecule has 3 N–H and O–H groups in total. The quantitative estimate of drug-likeness (QED) is 0.647. The van der Waals surface area contributed by atoms with E-state index in [0.29, 0.717) is 0 Å². The third-order valence-electron chi connectivity index (χ3n) is 2.69. The van der Waals surface area contributed by atoms with E-state index < -0.39 is 12.1 Å². The maximum atomic E-state index is 11.8. The van der Waals surface area contributed by atoms with Gasteiger partial charge in [0.1, 0.15) is 0 Å². The predicted octanol–water partition coefficient (Wildman–Crippen LogP) is 0.224. The molecule has 6 heteroatoms. The summed E-state index contributed by atoms with van der Waals surface area (Å²) < 4.78 is -0.381. The van der Waals surface area contributed by atoms with Crippen LogP contribution in [-0.2, 0) is 9.59 Å². The van der Waals surface area contributed by atoms with Gasteiger partial charge in [-0.2, -0.15) is 0 Å². The Bertz CT molecular complexity index is 276. The lowest BCUT2D eigenvalue weighted by molar-refractivity contribution is -0.147. The number of carbonyl (C=O) groups is 2. The molecule has 0 spiro atoms. The fourth-order valence-corrected chi connectivity index (χ4v) is 2.82. The molecule has 1 fully saturated rings. The smallest absolute Gasteiger partial charge is 0.332 e. The van der Waals surface area contributed by atoms with Crippen molar-refractivity contribution in [1.29, 1.82) is 0 Å². The van der Waals surface area contributed by atoms with Gasteiger partial charge >= 0.3 is 5.97 Å². The van der Waals surface area contributed by atoms with E-state index in [1.807, 2.05) is 6.92 Å². The zero-order chi connectivity index (χ0) is 12.2. The van der Waals surface area contributed by atoms with Crippen molar-refractivity contribution < 1.29 is 19.8 Å². The third kappa shape index (κ3) is 3.38. The van der Waals surface area contributed by atoms with Crippen LogP contribution in [0.5, 0.6) is 0 Å². The SMILES string of the molecule is CC1(C(=O)NCC[C@H](O)C(=O)O)CCCS1. The van der Waals surface area contributed by atoms with Gasteiger partial charge in [-0.05, 0) is 25.5 Å². The van der Waals surface area contributed by atoms with Crippen molar-refractivity contribution in [2.75, 3.05) is 12.3 Å². The number of aliphatic carboxylic acids is 1. The van der Waals surface area contributed by atoms with Crippen molar-refractivity contribution in [1.82, 2.24) is 5.32 Å². The van der Waals surface area contributed by atoms with Crippen molar-refractivity contribution in [2.45, 2.75) is 37.0 Å². The molecule has 2 atom stereocenters. The number of amides is 1. The first-order chi connectivity index (χ1) is 7.46. The van der Waals surface area contributed by atoms with Crippen LogP contribution in [0, 0.1) is 0 Å². The molecule has 0 aromatic rings. The lowest BCUT2D eigenvalue weighted by atomic mass is 10.0. The van der Waals surface area contributed by atoms with Crippen LogP contribution in [0.3, 0.4) is 0 Å². The number of aliphatic hydroxyl groups is 1. The average Bonchev–Trinajstić information content (AvgIpc) is 2.66. The molecule has 1 unspecified atom stereocenters. The van der Waals surface area contributed by atoms with E-state index >= 15 is 0 Å². The number of nitrogens with one attached hydrogen (secondary N) is 1. The second-order valence-electron chi connectivity index (χ2n) is 4.08. The van der Waals surface area contributed by atoms with Gasteiger partial charge in [0.15, 0.2) is 6.10 Å². The van der Waals surface area contributed by atoms with Crippen LogP contribution in [-0.4, -0.2) is 45.2 Å². The van der Waals surface area contributed by atoms with E-state index in [1.165, 1.54) is 0 Å². The molecule has 0 radical (unpaired) electrons. The molecular formula is C10H17NO4S. The Morgan fingerprint density at radius 3 is 2.75 bits per heavy atom. The number of thioether (sulfide) groups is 1. The van der Waals surface area contributed by atoms with E-state index in [9.17, 15) is 9.59 Å². The number of carboxylic acids is 1. The molecule has 0 saturated carbocycles. The summed E-state index contributed by atoms with van der Waals surface area (Å²) in [7, 11) is 0. The molecule has 1 saturated heterocycles. The Morgan fingerprint density at radius 2 is 2.25 bits per heavy atom. The maximum Gasteiger partial charge on any atom is 0.332 e. The highest BCUT2D eigenvalue weighted by molar-refractivity contribution is 8.01. The molecule has 0 aromatic heterocycles. The van der Waals surface area contributed by atoms with Crippen LogP contribution < -0.4 is 5.32 Å². The van der Waals surface area contributed by atoms with Crippen LogP contribution in [0.2, 0.25) is 0 Å². The zero-order valence-electron chi connectivity index (χ0n) is 9.23. The number of aliphatic hydroxyl groups excluding tert-OH is 1. The molecule has 92 valence electrons. The Hall–Kier alpha value is -0.750. The minimum atomic E-state index is -1.40. The number of rotatable bonds is 5. The molecule has 0 aromatic carbocycles. The largest absolute Gasteiger partial charge is 0.479 e. The van der Waals surface area contributed by atoms with Crippen molar-refractivity contribution in [3.63, 3.8) is 0 Å². The highest BCUT2D eigenvalue weighted by Gasteiger charge is 2.36. The summed E-state index contributed by atoms with van der Waals surface area (Å²) in [5, 5.41) is 20.1. The van der Waals surface area contributed by atoms with E-state index in [2.05, 4.69) is 5.32 Å². The monoisotopic (exact) mass is 247 g/mol. The first kappa shape index (κ1) is 13.3. The summed E-state index contributed by atoms with van der Waals surface area (Å²) in [6.45, 7) is 2.09. The highest BCUT2D eigenvalue weighted by Crippen LogP contribution is 2.37. The fraction of sp³-hybridized carbons (Fsp3) is 0.800. The van der Waals surface area contributed by atoms with E-state index in [0.717, 1.165) is 18.6 Å². The molecule has 0 aliphatic carbocycles. The Kier molecular flexibility index (Phi) is 4.61.